The first-order chi connectivity index (χ1) is 10.8. The van der Waals surface area contributed by atoms with E-state index in [1.807, 2.05) is 12.1 Å². The smallest absolute Gasteiger partial charge is 0.133 e. The standard InChI is InChI=1S/C20H24O3/c1-17(2)16-7-8-18(3)19(16)9-6-13(22)11-20(17,19)14-10-12(21)4-5-15(14)23-18/h4-5,10,16,21H,6-9,11H2,1-3H3/t16-,18-,19+,20+/m0/s1. The number of hydrogen-bond acceptors (Lipinski definition) is 3. The van der Waals surface area contributed by atoms with Gasteiger partial charge >= 0.3 is 0 Å². The van der Waals surface area contributed by atoms with Gasteiger partial charge in [0.2, 0.25) is 0 Å². The van der Waals surface area contributed by atoms with Crippen molar-refractivity contribution in [3.8, 4) is 11.5 Å². The summed E-state index contributed by atoms with van der Waals surface area (Å²) >= 11 is 0. The highest BCUT2D eigenvalue weighted by Crippen LogP contribution is 2.86. The Morgan fingerprint density at radius 1 is 1.22 bits per heavy atom. The van der Waals surface area contributed by atoms with Gasteiger partial charge in [-0.25, -0.2) is 0 Å². The molecule has 1 aromatic carbocycles. The van der Waals surface area contributed by atoms with Crippen LogP contribution >= 0.6 is 0 Å². The minimum absolute atomic E-state index is 0.0538. The van der Waals surface area contributed by atoms with Crippen LogP contribution in [-0.2, 0) is 10.2 Å². The predicted octanol–water partition coefficient (Wildman–Crippen LogP) is 3.97. The minimum atomic E-state index is -0.183. The van der Waals surface area contributed by atoms with E-state index in [-0.39, 0.29) is 27.6 Å². The van der Waals surface area contributed by atoms with Crippen LogP contribution in [0.25, 0.3) is 0 Å². The van der Waals surface area contributed by atoms with Crippen LogP contribution in [0.1, 0.15) is 58.4 Å². The summed E-state index contributed by atoms with van der Waals surface area (Å²) < 4.78 is 6.56. The number of carbonyl (C=O) groups excluding carboxylic acids is 1. The third-order valence-corrected chi connectivity index (χ3v) is 8.20. The van der Waals surface area contributed by atoms with E-state index in [2.05, 4.69) is 20.8 Å². The van der Waals surface area contributed by atoms with E-state index in [9.17, 15) is 9.90 Å². The molecule has 1 heterocycles. The third kappa shape index (κ3) is 1.14. The average molecular weight is 312 g/mol. The molecule has 3 aliphatic carbocycles. The zero-order chi connectivity index (χ0) is 16.3. The molecule has 122 valence electrons. The van der Waals surface area contributed by atoms with Crippen molar-refractivity contribution in [2.45, 2.75) is 63.9 Å². The van der Waals surface area contributed by atoms with Crippen LogP contribution in [0, 0.1) is 16.7 Å². The van der Waals surface area contributed by atoms with Crippen molar-refractivity contribution in [2.75, 3.05) is 0 Å². The van der Waals surface area contributed by atoms with Gasteiger partial charge in [0.1, 0.15) is 22.9 Å². The van der Waals surface area contributed by atoms with Gasteiger partial charge in [0.05, 0.1) is 0 Å². The van der Waals surface area contributed by atoms with E-state index < -0.39 is 0 Å². The van der Waals surface area contributed by atoms with Crippen LogP contribution in [-0.4, -0.2) is 16.5 Å². The average Bonchev–Trinajstić information content (AvgIpc) is 2.77. The zero-order valence-corrected chi connectivity index (χ0v) is 14.1. The van der Waals surface area contributed by atoms with Crippen molar-refractivity contribution in [1.82, 2.24) is 0 Å². The van der Waals surface area contributed by atoms with Crippen molar-refractivity contribution in [3.63, 3.8) is 0 Å². The summed E-state index contributed by atoms with van der Waals surface area (Å²) in [5, 5.41) is 10.1. The first-order valence-corrected chi connectivity index (χ1v) is 8.83. The molecular weight excluding hydrogens is 288 g/mol. The van der Waals surface area contributed by atoms with E-state index in [0.29, 0.717) is 24.5 Å². The number of Topliss-reactive ketones (excluding diaryl/α,β-unsaturated/α-hetero) is 1. The van der Waals surface area contributed by atoms with Crippen LogP contribution in [0.2, 0.25) is 0 Å². The monoisotopic (exact) mass is 312 g/mol. The lowest BCUT2D eigenvalue weighted by atomic mass is 9.25. The van der Waals surface area contributed by atoms with Crippen LogP contribution < -0.4 is 4.74 Å². The van der Waals surface area contributed by atoms with E-state index in [1.165, 1.54) is 6.42 Å². The summed E-state index contributed by atoms with van der Waals surface area (Å²) in [5.41, 5.74) is 0.826. The molecule has 5 rings (SSSR count). The van der Waals surface area contributed by atoms with Crippen molar-refractivity contribution < 1.29 is 14.6 Å². The lowest BCUT2D eigenvalue weighted by molar-refractivity contribution is -0.277. The number of rotatable bonds is 0. The zero-order valence-electron chi connectivity index (χ0n) is 14.1. The SMILES string of the molecule is CC1(C)[C@@H]2CC[C@]3(C)Oc4ccc(O)cc4[C@]14CC(=O)CC[C@@]234. The molecule has 3 fully saturated rings. The molecule has 0 saturated heterocycles. The molecule has 1 aliphatic heterocycles. The Hall–Kier alpha value is -1.51. The lowest BCUT2D eigenvalue weighted by Gasteiger charge is -2.79. The van der Waals surface area contributed by atoms with Gasteiger partial charge in [0.25, 0.3) is 0 Å². The van der Waals surface area contributed by atoms with Crippen LogP contribution in [0.3, 0.4) is 0 Å². The Morgan fingerprint density at radius 2 is 2.00 bits per heavy atom. The summed E-state index contributed by atoms with van der Waals surface area (Å²) in [6.07, 6.45) is 4.47. The number of carbonyl (C=O) groups is 1. The number of fused-ring (bicyclic) bond motifs is 1. The van der Waals surface area contributed by atoms with Gasteiger partial charge in [0.15, 0.2) is 0 Å². The number of hydrogen-bond donors (Lipinski definition) is 1. The van der Waals surface area contributed by atoms with Crippen molar-refractivity contribution in [2.24, 2.45) is 16.7 Å². The fourth-order valence-electron chi connectivity index (χ4n) is 7.54. The molecule has 1 aromatic rings. The molecule has 1 spiro atoms. The molecule has 3 saturated carbocycles. The maximum Gasteiger partial charge on any atom is 0.133 e. The molecular formula is C20H24O3. The van der Waals surface area contributed by atoms with Gasteiger partial charge in [-0.15, -0.1) is 0 Å². The normalized spacial score (nSPS) is 45.3. The summed E-state index contributed by atoms with van der Waals surface area (Å²) in [7, 11) is 0. The molecule has 0 bridgehead atoms. The van der Waals surface area contributed by atoms with Crippen molar-refractivity contribution in [1.29, 1.82) is 0 Å². The van der Waals surface area contributed by atoms with E-state index in [4.69, 9.17) is 4.74 Å². The van der Waals surface area contributed by atoms with Crippen LogP contribution in [0.5, 0.6) is 11.5 Å². The fraction of sp³-hybridized carbons (Fsp3) is 0.650. The molecule has 0 radical (unpaired) electrons. The quantitative estimate of drug-likeness (QED) is 0.788. The molecule has 4 aliphatic rings. The number of ketones is 1. The fourth-order valence-corrected chi connectivity index (χ4v) is 7.54. The van der Waals surface area contributed by atoms with E-state index in [1.54, 1.807) is 6.07 Å². The van der Waals surface area contributed by atoms with Crippen LogP contribution in [0.4, 0.5) is 0 Å². The summed E-state index contributed by atoms with van der Waals surface area (Å²) in [6, 6.07) is 5.47. The van der Waals surface area contributed by atoms with Crippen molar-refractivity contribution >= 4 is 5.78 Å². The maximum absolute atomic E-state index is 12.5. The highest BCUT2D eigenvalue weighted by atomic mass is 16.5. The van der Waals surface area contributed by atoms with Crippen LogP contribution in [0.15, 0.2) is 18.2 Å². The largest absolute Gasteiger partial charge is 0.508 e. The van der Waals surface area contributed by atoms with Gasteiger partial charge in [-0.3, -0.25) is 4.79 Å². The Morgan fingerprint density at radius 3 is 2.78 bits per heavy atom. The Kier molecular flexibility index (Phi) is 2.17. The van der Waals surface area contributed by atoms with Crippen molar-refractivity contribution in [3.05, 3.63) is 23.8 Å². The second kappa shape index (κ2) is 3.60. The lowest BCUT2D eigenvalue weighted by Crippen LogP contribution is -2.80. The summed E-state index contributed by atoms with van der Waals surface area (Å²) in [5.74, 6) is 2.12. The van der Waals surface area contributed by atoms with Gasteiger partial charge in [0, 0.05) is 29.2 Å². The Bertz CT molecular complexity index is 751. The second-order valence-electron chi connectivity index (χ2n) is 8.92. The molecule has 3 heteroatoms. The summed E-state index contributed by atoms with van der Waals surface area (Å²) in [6.45, 7) is 6.93. The first kappa shape index (κ1) is 13.9. The minimum Gasteiger partial charge on any atom is -0.508 e. The van der Waals surface area contributed by atoms with E-state index >= 15 is 0 Å². The molecule has 0 unspecified atom stereocenters. The first-order valence-electron chi connectivity index (χ1n) is 8.83. The molecule has 1 N–H and O–H groups in total. The maximum atomic E-state index is 12.5. The highest BCUT2D eigenvalue weighted by Gasteiger charge is 2.86. The highest BCUT2D eigenvalue weighted by molar-refractivity contribution is 5.83. The topological polar surface area (TPSA) is 46.5 Å². The number of phenolic OH excluding ortho intramolecular Hbond substituents is 1. The molecule has 0 aromatic heterocycles. The molecule has 3 nitrogen and oxygen atoms in total. The number of aromatic hydroxyl groups is 1. The third-order valence-electron chi connectivity index (χ3n) is 8.20. The van der Waals surface area contributed by atoms with Gasteiger partial charge < -0.3 is 9.84 Å². The molecule has 4 atom stereocenters. The molecule has 23 heavy (non-hydrogen) atoms. The van der Waals surface area contributed by atoms with Gasteiger partial charge in [-0.2, -0.15) is 0 Å². The Balaban J connectivity index is 1.88. The Labute approximate surface area is 137 Å². The molecule has 0 amide bonds. The predicted molar refractivity (Wildman–Crippen MR) is 86.6 cm³/mol. The number of ether oxygens (including phenoxy) is 1. The number of phenols is 1. The van der Waals surface area contributed by atoms with Gasteiger partial charge in [-0.1, -0.05) is 13.8 Å². The van der Waals surface area contributed by atoms with Gasteiger partial charge in [-0.05, 0) is 55.7 Å². The summed E-state index contributed by atoms with van der Waals surface area (Å²) in [4.78, 5) is 12.5. The number of benzene rings is 1. The second-order valence-corrected chi connectivity index (χ2v) is 8.92. The van der Waals surface area contributed by atoms with E-state index in [0.717, 1.165) is 24.2 Å².